The topological polar surface area (TPSA) is 134 Å². The molecule has 1 heterocycles. The second-order valence-corrected chi connectivity index (χ2v) is 6.39. The average molecular weight is 352 g/mol. The molecule has 0 bridgehead atoms. The first-order chi connectivity index (χ1) is 11.8. The van der Waals surface area contributed by atoms with Crippen molar-refractivity contribution in [1.82, 2.24) is 0 Å². The van der Waals surface area contributed by atoms with Crippen LogP contribution in [-0.2, 0) is 4.74 Å². The van der Waals surface area contributed by atoms with Gasteiger partial charge in [0.05, 0.1) is 12.2 Å². The van der Waals surface area contributed by atoms with Crippen LogP contribution in [0.1, 0.15) is 34.1 Å². The number of Topliss-reactive ketones (excluding diaryl/α,β-unsaturated/α-hetero) is 2. The number of carbonyl (C=O) groups is 2. The summed E-state index contributed by atoms with van der Waals surface area (Å²) in [7, 11) is 0. The van der Waals surface area contributed by atoms with Gasteiger partial charge in [-0.05, 0) is 6.07 Å². The summed E-state index contributed by atoms with van der Waals surface area (Å²) < 4.78 is 10.8. The Morgan fingerprint density at radius 2 is 1.88 bits per heavy atom. The van der Waals surface area contributed by atoms with Crippen LogP contribution in [0, 0.1) is 5.92 Å². The third-order valence-corrected chi connectivity index (χ3v) is 4.60. The van der Waals surface area contributed by atoms with Gasteiger partial charge in [0.1, 0.15) is 30.2 Å². The summed E-state index contributed by atoms with van der Waals surface area (Å²) in [5, 5.41) is 38.9. The normalized spacial score (nSPS) is 35.4. The maximum absolute atomic E-state index is 12.4. The molecule has 0 saturated carbocycles. The molecule has 6 unspecified atom stereocenters. The van der Waals surface area contributed by atoms with Gasteiger partial charge in [-0.15, -0.1) is 0 Å². The van der Waals surface area contributed by atoms with Gasteiger partial charge in [0.2, 0.25) is 6.29 Å². The molecular formula is C17H20O8. The second kappa shape index (κ2) is 6.81. The molecule has 136 valence electrons. The van der Waals surface area contributed by atoms with Crippen LogP contribution in [0.4, 0.5) is 0 Å². The van der Waals surface area contributed by atoms with Gasteiger partial charge in [0.15, 0.2) is 11.6 Å². The molecule has 8 heteroatoms. The Bertz CT molecular complexity index is 685. The molecule has 0 spiro atoms. The number of benzene rings is 1. The summed E-state index contributed by atoms with van der Waals surface area (Å²) in [5.41, 5.74) is 0.355. The standard InChI is InChI=1S/C17H20O8/c1-7-5-9(19)12-8(13(7)20)3-2-4-10(12)24-17-16(23)15(22)14(21)11(6-18)25-17/h2-4,7,11,14-18,21-23H,5-6H2,1H3. The molecule has 25 heavy (non-hydrogen) atoms. The van der Waals surface area contributed by atoms with Crippen LogP contribution in [0.25, 0.3) is 0 Å². The van der Waals surface area contributed by atoms with Crippen molar-refractivity contribution in [2.45, 2.75) is 44.1 Å². The smallest absolute Gasteiger partial charge is 0.229 e. The molecule has 1 aliphatic carbocycles. The van der Waals surface area contributed by atoms with Gasteiger partial charge >= 0.3 is 0 Å². The van der Waals surface area contributed by atoms with E-state index in [-0.39, 0.29) is 34.9 Å². The predicted molar refractivity (Wildman–Crippen MR) is 83.3 cm³/mol. The molecule has 1 fully saturated rings. The highest BCUT2D eigenvalue weighted by Gasteiger charge is 2.45. The van der Waals surface area contributed by atoms with Crippen molar-refractivity contribution < 1.29 is 39.5 Å². The van der Waals surface area contributed by atoms with Crippen molar-refractivity contribution in [2.75, 3.05) is 6.61 Å². The number of rotatable bonds is 3. The first-order valence-electron chi connectivity index (χ1n) is 8.02. The fraction of sp³-hybridized carbons (Fsp3) is 0.529. The summed E-state index contributed by atoms with van der Waals surface area (Å²) in [6.07, 6.45) is -7.17. The van der Waals surface area contributed by atoms with E-state index in [1.165, 1.54) is 12.1 Å². The quantitative estimate of drug-likeness (QED) is 0.559. The van der Waals surface area contributed by atoms with Gasteiger partial charge in [-0.2, -0.15) is 0 Å². The molecule has 0 amide bonds. The first-order valence-corrected chi connectivity index (χ1v) is 8.02. The van der Waals surface area contributed by atoms with Crippen molar-refractivity contribution in [2.24, 2.45) is 5.92 Å². The number of ether oxygens (including phenoxy) is 2. The molecule has 3 rings (SSSR count). The number of fused-ring (bicyclic) bond motifs is 1. The Kier molecular flexibility index (Phi) is 4.90. The maximum Gasteiger partial charge on any atom is 0.229 e. The van der Waals surface area contributed by atoms with Gasteiger partial charge in [-0.3, -0.25) is 9.59 Å². The Hall–Kier alpha value is -1.84. The molecule has 0 radical (unpaired) electrons. The van der Waals surface area contributed by atoms with Crippen molar-refractivity contribution >= 4 is 11.6 Å². The van der Waals surface area contributed by atoms with E-state index in [2.05, 4.69) is 0 Å². The van der Waals surface area contributed by atoms with E-state index in [0.717, 1.165) is 0 Å². The van der Waals surface area contributed by atoms with Crippen molar-refractivity contribution in [3.8, 4) is 5.75 Å². The van der Waals surface area contributed by atoms with Crippen molar-refractivity contribution in [1.29, 1.82) is 0 Å². The van der Waals surface area contributed by atoms with Gasteiger partial charge in [-0.25, -0.2) is 0 Å². The zero-order valence-corrected chi connectivity index (χ0v) is 13.5. The summed E-state index contributed by atoms with van der Waals surface area (Å²) in [4.78, 5) is 24.6. The van der Waals surface area contributed by atoms with Crippen LogP contribution in [-0.4, -0.2) is 69.3 Å². The van der Waals surface area contributed by atoms with Crippen LogP contribution in [0.2, 0.25) is 0 Å². The lowest BCUT2D eigenvalue weighted by molar-refractivity contribution is -0.277. The van der Waals surface area contributed by atoms with Crippen molar-refractivity contribution in [3.05, 3.63) is 29.3 Å². The van der Waals surface area contributed by atoms with E-state index in [1.54, 1.807) is 13.0 Å². The Labute approximate surface area is 143 Å². The number of aliphatic hydroxyl groups excluding tert-OH is 4. The van der Waals surface area contributed by atoms with E-state index in [1.807, 2.05) is 0 Å². The van der Waals surface area contributed by atoms with Gasteiger partial charge in [0, 0.05) is 17.9 Å². The van der Waals surface area contributed by atoms with Gasteiger partial charge in [0.25, 0.3) is 0 Å². The first kappa shape index (κ1) is 18.0. The summed E-state index contributed by atoms with van der Waals surface area (Å²) in [6, 6.07) is 4.54. The third kappa shape index (κ3) is 3.07. The Morgan fingerprint density at radius 3 is 2.56 bits per heavy atom. The minimum atomic E-state index is -1.60. The lowest BCUT2D eigenvalue weighted by Crippen LogP contribution is -2.60. The lowest BCUT2D eigenvalue weighted by atomic mass is 9.82. The number of hydrogen-bond acceptors (Lipinski definition) is 8. The van der Waals surface area contributed by atoms with Gasteiger partial charge in [-0.1, -0.05) is 19.1 Å². The number of aliphatic hydroxyl groups is 4. The minimum absolute atomic E-state index is 0.0482. The van der Waals surface area contributed by atoms with Gasteiger partial charge < -0.3 is 29.9 Å². The van der Waals surface area contributed by atoms with Crippen LogP contribution in [0.15, 0.2) is 18.2 Å². The van der Waals surface area contributed by atoms with Crippen LogP contribution >= 0.6 is 0 Å². The SMILES string of the molecule is CC1CC(=O)c2c(OC3OC(CO)C(O)C(O)C3O)cccc2C1=O. The maximum atomic E-state index is 12.4. The molecule has 1 aromatic rings. The fourth-order valence-corrected chi connectivity index (χ4v) is 3.15. The summed E-state index contributed by atoms with van der Waals surface area (Å²) in [6.45, 7) is 1.08. The van der Waals surface area contributed by atoms with E-state index in [9.17, 15) is 30.0 Å². The molecule has 0 aromatic heterocycles. The molecule has 8 nitrogen and oxygen atoms in total. The highest BCUT2D eigenvalue weighted by Crippen LogP contribution is 2.34. The predicted octanol–water partition coefficient (Wildman–Crippen LogP) is -0.730. The van der Waals surface area contributed by atoms with E-state index in [4.69, 9.17) is 9.47 Å². The molecule has 1 aliphatic heterocycles. The number of hydrogen-bond donors (Lipinski definition) is 4. The highest BCUT2D eigenvalue weighted by molar-refractivity contribution is 6.16. The fourth-order valence-electron chi connectivity index (χ4n) is 3.15. The molecule has 2 aliphatic rings. The molecule has 1 aromatic carbocycles. The Balaban J connectivity index is 1.91. The number of ketones is 2. The van der Waals surface area contributed by atoms with Crippen LogP contribution < -0.4 is 4.74 Å². The zero-order valence-electron chi connectivity index (χ0n) is 13.5. The van der Waals surface area contributed by atoms with Crippen molar-refractivity contribution in [3.63, 3.8) is 0 Å². The van der Waals surface area contributed by atoms with Crippen LogP contribution in [0.3, 0.4) is 0 Å². The molecule has 6 atom stereocenters. The largest absolute Gasteiger partial charge is 0.461 e. The van der Waals surface area contributed by atoms with E-state index < -0.39 is 43.2 Å². The second-order valence-electron chi connectivity index (χ2n) is 6.39. The summed E-state index contributed by atoms with van der Waals surface area (Å²) >= 11 is 0. The summed E-state index contributed by atoms with van der Waals surface area (Å²) in [5.74, 6) is -0.800. The zero-order chi connectivity index (χ0) is 18.3. The van der Waals surface area contributed by atoms with E-state index >= 15 is 0 Å². The highest BCUT2D eigenvalue weighted by atomic mass is 16.7. The Morgan fingerprint density at radius 1 is 1.16 bits per heavy atom. The monoisotopic (exact) mass is 352 g/mol. The molecule has 4 N–H and O–H groups in total. The van der Waals surface area contributed by atoms with Crippen LogP contribution in [0.5, 0.6) is 5.75 Å². The molecular weight excluding hydrogens is 332 g/mol. The van der Waals surface area contributed by atoms with E-state index in [0.29, 0.717) is 0 Å². The lowest BCUT2D eigenvalue weighted by Gasteiger charge is -2.39. The third-order valence-electron chi connectivity index (χ3n) is 4.60. The molecule has 1 saturated heterocycles. The number of carbonyl (C=O) groups excluding carboxylic acids is 2. The minimum Gasteiger partial charge on any atom is -0.461 e. The average Bonchev–Trinajstić information content (AvgIpc) is 2.60.